The molecule has 0 N–H and O–H groups in total. The molecule has 0 saturated carbocycles. The van der Waals surface area contributed by atoms with Crippen LogP contribution in [0.1, 0.15) is 74.7 Å². The van der Waals surface area contributed by atoms with Crippen LogP contribution < -0.4 is 0 Å². The third-order valence-corrected chi connectivity index (χ3v) is 2.78. The number of Topliss-reactive ketones (excluding diaryl/α,β-unsaturated/α-hetero) is 2. The number of hydrogen-bond acceptors (Lipinski definition) is 7. The SMILES string of the molecule is CCC(=O)/C(=C\N(C)C)C(=O)OC(C)(C)C.CCC(=O)CC(=O)OC(C)(C)C. The molecule has 162 valence electrons. The Bertz CT molecular complexity index is 577. The van der Waals surface area contributed by atoms with Crippen molar-refractivity contribution in [3.05, 3.63) is 11.8 Å². The molecule has 0 aliphatic heterocycles. The van der Waals surface area contributed by atoms with Gasteiger partial charge in [0.1, 0.15) is 29.0 Å². The Morgan fingerprint density at radius 1 is 0.821 bits per heavy atom. The fourth-order valence-electron chi connectivity index (χ4n) is 1.68. The zero-order valence-electron chi connectivity index (χ0n) is 19.1. The summed E-state index contributed by atoms with van der Waals surface area (Å²) in [5, 5.41) is 0. The molecule has 0 rings (SSSR count). The van der Waals surface area contributed by atoms with Gasteiger partial charge in [-0.25, -0.2) is 4.79 Å². The van der Waals surface area contributed by atoms with Gasteiger partial charge in [-0.2, -0.15) is 0 Å². The molecule has 0 aromatic rings. The van der Waals surface area contributed by atoms with E-state index in [2.05, 4.69) is 0 Å². The minimum absolute atomic E-state index is 0.0794. The third kappa shape index (κ3) is 16.0. The van der Waals surface area contributed by atoms with Crippen LogP contribution in [-0.2, 0) is 28.7 Å². The Labute approximate surface area is 169 Å². The highest BCUT2D eigenvalue weighted by molar-refractivity contribution is 6.17. The molecule has 0 unspecified atom stereocenters. The first-order valence-electron chi connectivity index (χ1n) is 9.40. The van der Waals surface area contributed by atoms with Crippen molar-refractivity contribution in [2.24, 2.45) is 0 Å². The summed E-state index contributed by atoms with van der Waals surface area (Å²) in [5.74, 6) is -1.28. The number of carbonyl (C=O) groups excluding carboxylic acids is 4. The van der Waals surface area contributed by atoms with Crippen molar-refractivity contribution in [3.63, 3.8) is 0 Å². The van der Waals surface area contributed by atoms with E-state index in [0.717, 1.165) is 0 Å². The van der Waals surface area contributed by atoms with Crippen LogP contribution in [0.3, 0.4) is 0 Å². The second-order valence-electron chi connectivity index (χ2n) is 8.44. The van der Waals surface area contributed by atoms with Gasteiger partial charge in [0.25, 0.3) is 0 Å². The molecule has 7 heteroatoms. The molecule has 0 heterocycles. The van der Waals surface area contributed by atoms with Gasteiger partial charge in [0.15, 0.2) is 5.78 Å². The molecule has 0 aliphatic rings. The first-order valence-corrected chi connectivity index (χ1v) is 9.40. The van der Waals surface area contributed by atoms with Crippen molar-refractivity contribution in [1.29, 1.82) is 0 Å². The van der Waals surface area contributed by atoms with Gasteiger partial charge in [-0.3, -0.25) is 14.4 Å². The Balaban J connectivity index is 0. The quantitative estimate of drug-likeness (QED) is 0.280. The maximum atomic E-state index is 11.8. The van der Waals surface area contributed by atoms with Gasteiger partial charge in [-0.05, 0) is 41.5 Å². The molecule has 0 aliphatic carbocycles. The number of ether oxygens (including phenoxy) is 2. The molecule has 0 radical (unpaired) electrons. The number of ketones is 2. The van der Waals surface area contributed by atoms with Crippen molar-refractivity contribution in [1.82, 2.24) is 4.90 Å². The zero-order chi connectivity index (χ0) is 22.7. The summed E-state index contributed by atoms with van der Waals surface area (Å²) in [4.78, 5) is 46.8. The summed E-state index contributed by atoms with van der Waals surface area (Å²) in [7, 11) is 3.51. The van der Waals surface area contributed by atoms with E-state index in [-0.39, 0.29) is 23.6 Å². The van der Waals surface area contributed by atoms with Crippen LogP contribution in [0.2, 0.25) is 0 Å². The number of esters is 2. The van der Waals surface area contributed by atoms with Gasteiger partial charge in [-0.15, -0.1) is 0 Å². The number of rotatable bonds is 7. The highest BCUT2D eigenvalue weighted by atomic mass is 16.6. The highest BCUT2D eigenvalue weighted by Crippen LogP contribution is 2.13. The Kier molecular flexibility index (Phi) is 12.3. The normalized spacial score (nSPS) is 11.7. The summed E-state index contributed by atoms with van der Waals surface area (Å²) in [6.07, 6.45) is 2.08. The molecule has 0 aromatic heterocycles. The van der Waals surface area contributed by atoms with Crippen LogP contribution in [0.4, 0.5) is 0 Å². The highest BCUT2D eigenvalue weighted by Gasteiger charge is 2.24. The average Bonchev–Trinajstić information content (AvgIpc) is 2.48. The van der Waals surface area contributed by atoms with Gasteiger partial charge in [0.2, 0.25) is 0 Å². The summed E-state index contributed by atoms with van der Waals surface area (Å²) in [5.41, 5.74) is -0.982. The summed E-state index contributed by atoms with van der Waals surface area (Å²) in [6.45, 7) is 14.1. The molecule has 0 bridgehead atoms. The number of nitrogens with zero attached hydrogens (tertiary/aromatic N) is 1. The molecule has 0 amide bonds. The van der Waals surface area contributed by atoms with Crippen LogP contribution >= 0.6 is 0 Å². The number of carbonyl (C=O) groups is 4. The Morgan fingerprint density at radius 2 is 1.29 bits per heavy atom. The second kappa shape index (κ2) is 12.3. The minimum atomic E-state index is -0.587. The lowest BCUT2D eigenvalue weighted by atomic mass is 10.1. The van der Waals surface area contributed by atoms with Crippen molar-refractivity contribution in [2.75, 3.05) is 14.1 Å². The van der Waals surface area contributed by atoms with Gasteiger partial charge in [0.05, 0.1) is 0 Å². The van der Waals surface area contributed by atoms with E-state index in [1.165, 1.54) is 6.20 Å². The van der Waals surface area contributed by atoms with Crippen molar-refractivity contribution in [3.8, 4) is 0 Å². The third-order valence-electron chi connectivity index (χ3n) is 2.78. The van der Waals surface area contributed by atoms with E-state index in [1.54, 1.807) is 74.4 Å². The van der Waals surface area contributed by atoms with Crippen molar-refractivity contribution < 1.29 is 28.7 Å². The predicted molar refractivity (Wildman–Crippen MR) is 109 cm³/mol. The average molecular weight is 400 g/mol. The molecule has 0 spiro atoms. The molecular formula is C21H37NO6. The van der Waals surface area contributed by atoms with Crippen LogP contribution in [0.15, 0.2) is 11.8 Å². The summed E-state index contributed by atoms with van der Waals surface area (Å²) < 4.78 is 10.1. The van der Waals surface area contributed by atoms with E-state index in [0.29, 0.717) is 12.8 Å². The summed E-state index contributed by atoms with van der Waals surface area (Å²) >= 11 is 0. The molecule has 0 atom stereocenters. The number of hydrogen-bond donors (Lipinski definition) is 0. The van der Waals surface area contributed by atoms with Crippen LogP contribution in [0.5, 0.6) is 0 Å². The smallest absolute Gasteiger partial charge is 0.343 e. The maximum Gasteiger partial charge on any atom is 0.343 e. The molecule has 7 nitrogen and oxygen atoms in total. The minimum Gasteiger partial charge on any atom is -0.460 e. The summed E-state index contributed by atoms with van der Waals surface area (Å²) in [6, 6.07) is 0. The van der Waals surface area contributed by atoms with E-state index >= 15 is 0 Å². The van der Waals surface area contributed by atoms with E-state index in [1.807, 2.05) is 0 Å². The second-order valence-corrected chi connectivity index (χ2v) is 8.44. The molecule has 0 fully saturated rings. The lowest BCUT2D eigenvalue weighted by Crippen LogP contribution is -2.28. The largest absolute Gasteiger partial charge is 0.460 e. The van der Waals surface area contributed by atoms with Gasteiger partial charge in [-0.1, -0.05) is 13.8 Å². The Hall–Kier alpha value is -2.18. The Morgan fingerprint density at radius 3 is 1.61 bits per heavy atom. The topological polar surface area (TPSA) is 90.0 Å². The van der Waals surface area contributed by atoms with E-state index in [9.17, 15) is 19.2 Å². The van der Waals surface area contributed by atoms with Gasteiger partial charge < -0.3 is 14.4 Å². The standard InChI is InChI=1S/C12H21NO3.C9H16O3/c1-7-10(14)9(8-13(5)6)11(15)16-12(2,3)4;1-5-7(10)6-8(11)12-9(2,3)4/h8H,7H2,1-6H3;5-6H2,1-4H3/b9-8+;. The van der Waals surface area contributed by atoms with Crippen molar-refractivity contribution in [2.45, 2.75) is 85.9 Å². The van der Waals surface area contributed by atoms with E-state index in [4.69, 9.17) is 9.47 Å². The van der Waals surface area contributed by atoms with Crippen LogP contribution in [0, 0.1) is 0 Å². The van der Waals surface area contributed by atoms with Crippen molar-refractivity contribution >= 4 is 23.5 Å². The van der Waals surface area contributed by atoms with E-state index < -0.39 is 23.1 Å². The van der Waals surface area contributed by atoms with Crippen LogP contribution in [-0.4, -0.2) is 53.7 Å². The van der Waals surface area contributed by atoms with Gasteiger partial charge in [0, 0.05) is 33.1 Å². The first kappa shape index (κ1) is 28.0. The fraction of sp³-hybridized carbons (Fsp3) is 0.714. The lowest BCUT2D eigenvalue weighted by Gasteiger charge is -2.20. The molecule has 28 heavy (non-hydrogen) atoms. The zero-order valence-corrected chi connectivity index (χ0v) is 19.1. The molecular weight excluding hydrogens is 362 g/mol. The molecule has 0 aromatic carbocycles. The predicted octanol–water partition coefficient (Wildman–Crippen LogP) is 3.45. The fourth-order valence-corrected chi connectivity index (χ4v) is 1.68. The maximum absolute atomic E-state index is 11.8. The van der Waals surface area contributed by atoms with Crippen LogP contribution in [0.25, 0.3) is 0 Å². The van der Waals surface area contributed by atoms with Gasteiger partial charge >= 0.3 is 11.9 Å². The monoisotopic (exact) mass is 399 g/mol. The first-order chi connectivity index (χ1) is 12.5. The lowest BCUT2D eigenvalue weighted by molar-refractivity contribution is -0.156. The molecule has 0 saturated heterocycles.